The Morgan fingerprint density at radius 3 is 2.46 bits per heavy atom. The smallest absolute Gasteiger partial charge is 0.267 e. The van der Waals surface area contributed by atoms with Crippen molar-refractivity contribution in [2.45, 2.75) is 18.4 Å². The summed E-state index contributed by atoms with van der Waals surface area (Å²) in [7, 11) is -3.80. The van der Waals surface area contributed by atoms with Crippen LogP contribution in [0.4, 0.5) is 10.8 Å². The van der Waals surface area contributed by atoms with Gasteiger partial charge in [0.1, 0.15) is 12.3 Å². The first-order chi connectivity index (χ1) is 16.8. The highest BCUT2D eigenvalue weighted by Gasteiger charge is 2.16. The second kappa shape index (κ2) is 10.5. The highest BCUT2D eigenvalue weighted by atomic mass is 32.2. The third-order valence-electron chi connectivity index (χ3n) is 4.72. The van der Waals surface area contributed by atoms with Crippen LogP contribution in [0.2, 0.25) is 0 Å². The molecular formula is C23H21N5O5S2. The lowest BCUT2D eigenvalue weighted by atomic mass is 10.1. The molecule has 2 N–H and O–H groups in total. The largest absolute Gasteiger partial charge is 0.494 e. The Morgan fingerprint density at radius 1 is 1.06 bits per heavy atom. The second-order valence-electron chi connectivity index (χ2n) is 7.19. The van der Waals surface area contributed by atoms with Crippen molar-refractivity contribution in [2.75, 3.05) is 16.6 Å². The number of thiazole rings is 1. The topological polar surface area (TPSA) is 132 Å². The Balaban J connectivity index is 1.43. The van der Waals surface area contributed by atoms with E-state index in [-0.39, 0.29) is 16.6 Å². The number of rotatable bonds is 9. The normalized spacial score (nSPS) is 11.1. The van der Waals surface area contributed by atoms with Crippen molar-refractivity contribution in [2.24, 2.45) is 0 Å². The molecule has 2 aromatic carbocycles. The van der Waals surface area contributed by atoms with Crippen molar-refractivity contribution < 1.29 is 17.9 Å². The van der Waals surface area contributed by atoms with E-state index in [1.54, 1.807) is 23.6 Å². The van der Waals surface area contributed by atoms with E-state index in [2.05, 4.69) is 20.1 Å². The zero-order valence-electron chi connectivity index (χ0n) is 18.5. The number of ether oxygens (including phenoxy) is 1. The third-order valence-corrected chi connectivity index (χ3v) is 6.90. The molecule has 4 rings (SSSR count). The lowest BCUT2D eigenvalue weighted by Gasteiger charge is -2.10. The molecule has 0 aliphatic carbocycles. The molecule has 0 bridgehead atoms. The molecule has 0 spiro atoms. The van der Waals surface area contributed by atoms with E-state index in [1.807, 2.05) is 19.1 Å². The van der Waals surface area contributed by atoms with Gasteiger partial charge in [-0.2, -0.15) is 5.10 Å². The van der Waals surface area contributed by atoms with Gasteiger partial charge in [0.2, 0.25) is 5.91 Å². The molecule has 1 amide bonds. The summed E-state index contributed by atoms with van der Waals surface area (Å²) in [6.07, 6.45) is 1.50. The summed E-state index contributed by atoms with van der Waals surface area (Å²) < 4.78 is 33.7. The minimum Gasteiger partial charge on any atom is -0.494 e. The minimum atomic E-state index is -3.80. The fraction of sp³-hybridized carbons (Fsp3) is 0.130. The number of nitrogens with zero attached hydrogens (tertiary/aromatic N) is 3. The number of nitrogens with one attached hydrogen (secondary N) is 2. The van der Waals surface area contributed by atoms with Gasteiger partial charge in [-0.05, 0) is 61.5 Å². The van der Waals surface area contributed by atoms with Gasteiger partial charge >= 0.3 is 0 Å². The van der Waals surface area contributed by atoms with Crippen LogP contribution in [0, 0.1) is 0 Å². The van der Waals surface area contributed by atoms with E-state index in [0.717, 1.165) is 27.3 Å². The van der Waals surface area contributed by atoms with E-state index < -0.39 is 21.5 Å². The molecule has 10 nitrogen and oxygen atoms in total. The maximum atomic E-state index is 12.5. The van der Waals surface area contributed by atoms with Crippen LogP contribution in [0.15, 0.2) is 81.9 Å². The van der Waals surface area contributed by atoms with Gasteiger partial charge < -0.3 is 10.1 Å². The van der Waals surface area contributed by atoms with Gasteiger partial charge in [-0.1, -0.05) is 0 Å². The SMILES string of the molecule is CCOc1ccc(-c2ccc(=O)n(CC(=O)Nc3ccc(S(=O)(=O)Nc4nccs4)cc3)n2)cc1. The molecule has 0 saturated carbocycles. The van der Waals surface area contributed by atoms with Crippen LogP contribution in [0.3, 0.4) is 0 Å². The van der Waals surface area contributed by atoms with Gasteiger partial charge in [0.15, 0.2) is 5.13 Å². The zero-order valence-corrected chi connectivity index (χ0v) is 20.2. The monoisotopic (exact) mass is 511 g/mol. The molecular weight excluding hydrogens is 490 g/mol. The van der Waals surface area contributed by atoms with E-state index in [9.17, 15) is 18.0 Å². The average Bonchev–Trinajstić information content (AvgIpc) is 3.34. The van der Waals surface area contributed by atoms with Crippen molar-refractivity contribution in [3.8, 4) is 17.0 Å². The predicted molar refractivity (Wildman–Crippen MR) is 133 cm³/mol. The zero-order chi connectivity index (χ0) is 24.8. The Morgan fingerprint density at radius 2 is 1.80 bits per heavy atom. The number of carbonyl (C=O) groups excluding carboxylic acids is 1. The first-order valence-electron chi connectivity index (χ1n) is 10.5. The molecule has 180 valence electrons. The van der Waals surface area contributed by atoms with Crippen LogP contribution in [0.25, 0.3) is 11.3 Å². The summed E-state index contributed by atoms with van der Waals surface area (Å²) in [5, 5.41) is 8.85. The Labute approximate surface area is 205 Å². The highest BCUT2D eigenvalue weighted by Crippen LogP contribution is 2.21. The molecule has 0 saturated heterocycles. The van der Waals surface area contributed by atoms with E-state index >= 15 is 0 Å². The Kier molecular flexibility index (Phi) is 7.22. The molecule has 0 aliphatic rings. The predicted octanol–water partition coefficient (Wildman–Crippen LogP) is 3.21. The lowest BCUT2D eigenvalue weighted by Crippen LogP contribution is -2.29. The summed E-state index contributed by atoms with van der Waals surface area (Å²) in [5.74, 6) is 0.238. The molecule has 2 heterocycles. The van der Waals surface area contributed by atoms with Crippen molar-refractivity contribution in [3.63, 3.8) is 0 Å². The molecule has 0 aliphatic heterocycles. The second-order valence-corrected chi connectivity index (χ2v) is 9.76. The number of amides is 1. The number of hydrogen-bond acceptors (Lipinski definition) is 8. The van der Waals surface area contributed by atoms with Gasteiger partial charge in [0, 0.05) is 28.9 Å². The molecule has 4 aromatic rings. The molecule has 35 heavy (non-hydrogen) atoms. The van der Waals surface area contributed by atoms with E-state index in [1.165, 1.54) is 36.5 Å². The van der Waals surface area contributed by atoms with E-state index in [4.69, 9.17) is 4.74 Å². The average molecular weight is 512 g/mol. The van der Waals surface area contributed by atoms with Crippen molar-refractivity contribution >= 4 is 38.1 Å². The first-order valence-corrected chi connectivity index (χ1v) is 12.8. The molecule has 0 fully saturated rings. The number of anilines is 2. The molecule has 0 unspecified atom stereocenters. The summed E-state index contributed by atoms with van der Waals surface area (Å²) in [5.41, 5.74) is 1.25. The number of aromatic nitrogens is 3. The maximum absolute atomic E-state index is 12.5. The molecule has 12 heteroatoms. The number of hydrogen-bond donors (Lipinski definition) is 2. The fourth-order valence-corrected chi connectivity index (χ4v) is 4.90. The number of carbonyl (C=O) groups is 1. The van der Waals surface area contributed by atoms with Gasteiger partial charge in [0.05, 0.1) is 17.2 Å². The van der Waals surface area contributed by atoms with Crippen LogP contribution in [-0.2, 0) is 21.4 Å². The van der Waals surface area contributed by atoms with Crippen LogP contribution >= 0.6 is 11.3 Å². The summed E-state index contributed by atoms with van der Waals surface area (Å²) in [6, 6.07) is 15.8. The first kappa shape index (κ1) is 24.1. The van der Waals surface area contributed by atoms with Gasteiger partial charge in [-0.15, -0.1) is 11.3 Å². The molecule has 2 aromatic heterocycles. The third kappa shape index (κ3) is 6.11. The summed E-state index contributed by atoms with van der Waals surface area (Å²) >= 11 is 1.16. The highest BCUT2D eigenvalue weighted by molar-refractivity contribution is 7.93. The fourth-order valence-electron chi connectivity index (χ4n) is 3.11. The standard InChI is InChI=1S/C23H21N5O5S2/c1-2-33-18-7-3-16(4-8-18)20-11-12-22(30)28(26-20)15-21(29)25-17-5-9-19(10-6-17)35(31,32)27-23-24-13-14-34-23/h3-14H,2,15H2,1H3,(H,24,27)(H,25,29). The number of sulfonamides is 1. The van der Waals surface area contributed by atoms with Gasteiger partial charge in [-0.25, -0.2) is 18.1 Å². The summed E-state index contributed by atoms with van der Waals surface area (Å²) in [4.78, 5) is 28.7. The minimum absolute atomic E-state index is 0.0200. The van der Waals surface area contributed by atoms with Crippen molar-refractivity contribution in [1.29, 1.82) is 0 Å². The maximum Gasteiger partial charge on any atom is 0.267 e. The Bertz CT molecular complexity index is 1470. The number of benzene rings is 2. The van der Waals surface area contributed by atoms with E-state index in [0.29, 0.717) is 18.0 Å². The van der Waals surface area contributed by atoms with Crippen molar-refractivity contribution in [3.05, 3.63) is 82.6 Å². The lowest BCUT2D eigenvalue weighted by molar-refractivity contribution is -0.117. The molecule has 0 atom stereocenters. The Hall–Kier alpha value is -4.03. The molecule has 0 radical (unpaired) electrons. The van der Waals surface area contributed by atoms with Crippen molar-refractivity contribution in [1.82, 2.24) is 14.8 Å². The quantitative estimate of drug-likeness (QED) is 0.353. The summed E-state index contributed by atoms with van der Waals surface area (Å²) in [6.45, 7) is 2.14. The van der Waals surface area contributed by atoms with Crippen LogP contribution < -0.4 is 20.3 Å². The van der Waals surface area contributed by atoms with Crippen LogP contribution in [0.1, 0.15) is 6.92 Å². The van der Waals surface area contributed by atoms with Gasteiger partial charge in [0.25, 0.3) is 15.6 Å². The van der Waals surface area contributed by atoms with Crippen LogP contribution in [0.5, 0.6) is 5.75 Å². The van der Waals surface area contributed by atoms with Crippen LogP contribution in [-0.4, -0.2) is 35.7 Å². The van der Waals surface area contributed by atoms with Gasteiger partial charge in [-0.3, -0.25) is 14.3 Å².